The van der Waals surface area contributed by atoms with Gasteiger partial charge in [0.25, 0.3) is 0 Å². The number of rotatable bonds is 9. The fourth-order valence-electron chi connectivity index (χ4n) is 3.49. The topological polar surface area (TPSA) is 54.1 Å². The standard InChI is InChI=1S/C23H28N2O2/c1-3-27-23(26)22(25-17(2)18-10-5-4-6-11-18)15-9-12-19-16-24-21-14-8-7-13-20(19)21/h4-8,10-11,13-14,16-17,22,24-25H,3,9,12,15H2,1-2H3/t17-,22+/m1/s1. The van der Waals surface area contributed by atoms with Crippen LogP contribution < -0.4 is 5.32 Å². The lowest BCUT2D eigenvalue weighted by Gasteiger charge is -2.22. The molecule has 0 bridgehead atoms. The fraction of sp³-hybridized carbons (Fsp3) is 0.348. The van der Waals surface area contributed by atoms with Crippen molar-refractivity contribution >= 4 is 16.9 Å². The van der Waals surface area contributed by atoms with Gasteiger partial charge in [-0.1, -0.05) is 48.5 Å². The number of hydrogen-bond acceptors (Lipinski definition) is 3. The van der Waals surface area contributed by atoms with E-state index in [2.05, 4.69) is 53.8 Å². The van der Waals surface area contributed by atoms with Crippen LogP contribution in [-0.4, -0.2) is 23.6 Å². The first-order valence-electron chi connectivity index (χ1n) is 9.71. The molecule has 27 heavy (non-hydrogen) atoms. The van der Waals surface area contributed by atoms with Gasteiger partial charge < -0.3 is 9.72 Å². The molecule has 2 aromatic carbocycles. The van der Waals surface area contributed by atoms with E-state index in [4.69, 9.17) is 4.74 Å². The van der Waals surface area contributed by atoms with Crippen molar-refractivity contribution in [3.63, 3.8) is 0 Å². The monoisotopic (exact) mass is 364 g/mol. The molecular weight excluding hydrogens is 336 g/mol. The van der Waals surface area contributed by atoms with Crippen LogP contribution in [0.15, 0.2) is 60.8 Å². The van der Waals surface area contributed by atoms with Gasteiger partial charge in [0, 0.05) is 23.1 Å². The van der Waals surface area contributed by atoms with Crippen LogP contribution in [0.3, 0.4) is 0 Å². The molecule has 3 rings (SSSR count). The number of carbonyl (C=O) groups excluding carboxylic acids is 1. The molecule has 142 valence electrons. The van der Waals surface area contributed by atoms with Crippen molar-refractivity contribution in [2.45, 2.75) is 45.2 Å². The lowest BCUT2D eigenvalue weighted by Crippen LogP contribution is -2.39. The molecule has 2 atom stereocenters. The lowest BCUT2D eigenvalue weighted by molar-refractivity contribution is -0.146. The highest BCUT2D eigenvalue weighted by Gasteiger charge is 2.22. The highest BCUT2D eigenvalue weighted by molar-refractivity contribution is 5.83. The Labute approximate surface area is 160 Å². The predicted molar refractivity (Wildman–Crippen MR) is 110 cm³/mol. The first kappa shape index (κ1) is 19.2. The number of carbonyl (C=O) groups is 1. The number of ether oxygens (including phenoxy) is 1. The van der Waals surface area contributed by atoms with E-state index < -0.39 is 0 Å². The van der Waals surface area contributed by atoms with E-state index in [1.807, 2.05) is 31.2 Å². The Hall–Kier alpha value is -2.59. The molecule has 0 aliphatic carbocycles. The predicted octanol–water partition coefficient (Wildman–Crippen LogP) is 4.77. The summed E-state index contributed by atoms with van der Waals surface area (Å²) >= 11 is 0. The second kappa shape index (κ2) is 9.38. The Balaban J connectivity index is 1.62. The van der Waals surface area contributed by atoms with Gasteiger partial charge in [-0.2, -0.15) is 0 Å². The van der Waals surface area contributed by atoms with Gasteiger partial charge in [0.2, 0.25) is 0 Å². The average molecular weight is 364 g/mol. The third-order valence-electron chi connectivity index (χ3n) is 4.94. The van der Waals surface area contributed by atoms with E-state index in [1.165, 1.54) is 16.5 Å². The van der Waals surface area contributed by atoms with Gasteiger partial charge in [0.1, 0.15) is 6.04 Å². The second-order valence-corrected chi connectivity index (χ2v) is 6.86. The zero-order valence-electron chi connectivity index (χ0n) is 16.1. The lowest BCUT2D eigenvalue weighted by atomic mass is 10.0. The quantitative estimate of drug-likeness (QED) is 0.538. The van der Waals surface area contributed by atoms with Crippen molar-refractivity contribution in [2.24, 2.45) is 0 Å². The molecular formula is C23H28N2O2. The number of nitrogens with one attached hydrogen (secondary N) is 2. The van der Waals surface area contributed by atoms with Crippen molar-refractivity contribution in [1.29, 1.82) is 0 Å². The smallest absolute Gasteiger partial charge is 0.323 e. The maximum atomic E-state index is 12.4. The van der Waals surface area contributed by atoms with Gasteiger partial charge in [-0.15, -0.1) is 0 Å². The van der Waals surface area contributed by atoms with E-state index in [0.29, 0.717) is 6.61 Å². The number of aromatic nitrogens is 1. The van der Waals surface area contributed by atoms with Gasteiger partial charge in [0.15, 0.2) is 0 Å². The molecule has 0 aliphatic rings. The summed E-state index contributed by atoms with van der Waals surface area (Å²) in [6, 6.07) is 18.3. The van der Waals surface area contributed by atoms with Crippen LogP contribution in [0.5, 0.6) is 0 Å². The van der Waals surface area contributed by atoms with Crippen molar-refractivity contribution in [3.05, 3.63) is 71.9 Å². The van der Waals surface area contributed by atoms with Crippen molar-refractivity contribution < 1.29 is 9.53 Å². The number of hydrogen-bond donors (Lipinski definition) is 2. The molecule has 0 fully saturated rings. The molecule has 1 aromatic heterocycles. The van der Waals surface area contributed by atoms with E-state index in [9.17, 15) is 4.79 Å². The van der Waals surface area contributed by atoms with Gasteiger partial charge in [-0.25, -0.2) is 0 Å². The minimum absolute atomic E-state index is 0.0914. The first-order valence-corrected chi connectivity index (χ1v) is 9.71. The minimum atomic E-state index is -0.301. The van der Waals surface area contributed by atoms with E-state index >= 15 is 0 Å². The maximum Gasteiger partial charge on any atom is 0.323 e. The molecule has 0 saturated carbocycles. The first-order chi connectivity index (χ1) is 13.2. The molecule has 4 nitrogen and oxygen atoms in total. The summed E-state index contributed by atoms with van der Waals surface area (Å²) in [5.41, 5.74) is 3.62. The molecule has 0 aliphatic heterocycles. The fourth-order valence-corrected chi connectivity index (χ4v) is 3.49. The number of aryl methyl sites for hydroxylation is 1. The summed E-state index contributed by atoms with van der Waals surface area (Å²) in [6.07, 6.45) is 4.67. The van der Waals surface area contributed by atoms with Crippen molar-refractivity contribution in [1.82, 2.24) is 10.3 Å². The Morgan fingerprint density at radius 2 is 1.85 bits per heavy atom. The second-order valence-electron chi connectivity index (χ2n) is 6.86. The molecule has 0 unspecified atom stereocenters. The number of aromatic amines is 1. The Morgan fingerprint density at radius 3 is 2.63 bits per heavy atom. The van der Waals surface area contributed by atoms with E-state index in [1.54, 1.807) is 0 Å². The number of esters is 1. The molecule has 3 aromatic rings. The molecule has 0 saturated heterocycles. The van der Waals surface area contributed by atoms with Gasteiger partial charge >= 0.3 is 5.97 Å². The van der Waals surface area contributed by atoms with Crippen LogP contribution >= 0.6 is 0 Å². The summed E-state index contributed by atoms with van der Waals surface area (Å²) < 4.78 is 5.29. The summed E-state index contributed by atoms with van der Waals surface area (Å²) in [7, 11) is 0. The number of para-hydroxylation sites is 1. The number of benzene rings is 2. The van der Waals surface area contributed by atoms with E-state index in [-0.39, 0.29) is 18.1 Å². The minimum Gasteiger partial charge on any atom is -0.465 e. The van der Waals surface area contributed by atoms with Crippen molar-refractivity contribution in [2.75, 3.05) is 6.61 Å². The zero-order valence-corrected chi connectivity index (χ0v) is 16.1. The number of fused-ring (bicyclic) bond motifs is 1. The van der Waals surface area contributed by atoms with Gasteiger partial charge in [0.05, 0.1) is 6.61 Å². The molecule has 1 heterocycles. The highest BCUT2D eigenvalue weighted by Crippen LogP contribution is 2.20. The third-order valence-corrected chi connectivity index (χ3v) is 4.94. The van der Waals surface area contributed by atoms with Crippen LogP contribution in [-0.2, 0) is 16.0 Å². The number of H-pyrrole nitrogens is 1. The summed E-state index contributed by atoms with van der Waals surface area (Å²) in [5.74, 6) is -0.167. The molecule has 0 spiro atoms. The maximum absolute atomic E-state index is 12.4. The van der Waals surface area contributed by atoms with Crippen LogP contribution in [0.1, 0.15) is 43.9 Å². The Morgan fingerprint density at radius 1 is 1.11 bits per heavy atom. The Kier molecular flexibility index (Phi) is 6.66. The van der Waals surface area contributed by atoms with Gasteiger partial charge in [-0.05, 0) is 50.3 Å². The highest BCUT2D eigenvalue weighted by atomic mass is 16.5. The molecule has 2 N–H and O–H groups in total. The van der Waals surface area contributed by atoms with Crippen LogP contribution in [0, 0.1) is 0 Å². The molecule has 0 radical (unpaired) electrons. The molecule has 0 amide bonds. The Bertz CT molecular complexity index is 857. The normalized spacial score (nSPS) is 13.4. The summed E-state index contributed by atoms with van der Waals surface area (Å²) in [6.45, 7) is 4.34. The largest absolute Gasteiger partial charge is 0.465 e. The van der Waals surface area contributed by atoms with Crippen LogP contribution in [0.2, 0.25) is 0 Å². The molecule has 4 heteroatoms. The zero-order chi connectivity index (χ0) is 19.1. The van der Waals surface area contributed by atoms with E-state index in [0.717, 1.165) is 24.8 Å². The van der Waals surface area contributed by atoms with Crippen LogP contribution in [0.25, 0.3) is 10.9 Å². The van der Waals surface area contributed by atoms with Gasteiger partial charge in [-0.3, -0.25) is 10.1 Å². The summed E-state index contributed by atoms with van der Waals surface area (Å²) in [4.78, 5) is 15.7. The SMILES string of the molecule is CCOC(=O)[C@H](CCCc1c[nH]c2ccccc12)N[C@H](C)c1ccccc1. The summed E-state index contributed by atoms with van der Waals surface area (Å²) in [5, 5.41) is 4.71. The van der Waals surface area contributed by atoms with Crippen molar-refractivity contribution in [3.8, 4) is 0 Å². The third kappa shape index (κ3) is 4.98. The average Bonchev–Trinajstić information content (AvgIpc) is 3.11. The van der Waals surface area contributed by atoms with Crippen LogP contribution in [0.4, 0.5) is 0 Å².